The highest BCUT2D eigenvalue weighted by Gasteiger charge is 2.36. The van der Waals surface area contributed by atoms with E-state index < -0.39 is 23.8 Å². The first-order valence-electron chi connectivity index (χ1n) is 10.2. The van der Waals surface area contributed by atoms with Crippen LogP contribution in [0.15, 0.2) is 42.5 Å². The van der Waals surface area contributed by atoms with Gasteiger partial charge >= 0.3 is 11.9 Å². The standard InChI is InChI=1S/C24H30O7/c1-6-29-23(25)22(24(26)30-7-2)16(3)18-10-13-20(21(14-18)28-5)31-15-17-8-11-19(27-4)12-9-17/h8-14,16,22H,6-7,15H2,1-5H3. The van der Waals surface area contributed by atoms with Crippen LogP contribution in [0.3, 0.4) is 0 Å². The normalized spacial score (nSPS) is 11.5. The number of hydrogen-bond acceptors (Lipinski definition) is 7. The largest absolute Gasteiger partial charge is 0.497 e. The van der Waals surface area contributed by atoms with Crippen molar-refractivity contribution in [1.82, 2.24) is 0 Å². The van der Waals surface area contributed by atoms with Crippen molar-refractivity contribution in [2.75, 3.05) is 27.4 Å². The van der Waals surface area contributed by atoms with Crippen LogP contribution >= 0.6 is 0 Å². The summed E-state index contributed by atoms with van der Waals surface area (Å²) in [5.41, 5.74) is 1.71. The summed E-state index contributed by atoms with van der Waals surface area (Å²) in [5, 5.41) is 0. The Morgan fingerprint density at radius 3 is 1.97 bits per heavy atom. The average Bonchev–Trinajstić information content (AvgIpc) is 2.78. The summed E-state index contributed by atoms with van der Waals surface area (Å²) in [5.74, 6) is -0.905. The molecule has 2 aromatic rings. The second kappa shape index (κ2) is 11.8. The highest BCUT2D eigenvalue weighted by Crippen LogP contribution is 2.35. The molecule has 31 heavy (non-hydrogen) atoms. The fourth-order valence-corrected chi connectivity index (χ4v) is 3.13. The number of ether oxygens (including phenoxy) is 5. The number of methoxy groups -OCH3 is 2. The lowest BCUT2D eigenvalue weighted by molar-refractivity contribution is -0.162. The number of benzene rings is 2. The first-order valence-corrected chi connectivity index (χ1v) is 10.2. The van der Waals surface area contributed by atoms with Crippen LogP contribution in [0, 0.1) is 5.92 Å². The van der Waals surface area contributed by atoms with Crippen LogP contribution < -0.4 is 14.2 Å². The first kappa shape index (κ1) is 24.1. The first-order chi connectivity index (χ1) is 14.9. The lowest BCUT2D eigenvalue weighted by Crippen LogP contribution is -2.32. The molecule has 1 atom stereocenters. The third kappa shape index (κ3) is 6.38. The Labute approximate surface area is 183 Å². The molecule has 0 fully saturated rings. The van der Waals surface area contributed by atoms with E-state index in [1.165, 1.54) is 7.11 Å². The zero-order valence-electron chi connectivity index (χ0n) is 18.7. The minimum atomic E-state index is -1.06. The molecule has 168 valence electrons. The van der Waals surface area contributed by atoms with Gasteiger partial charge in [-0.3, -0.25) is 9.59 Å². The highest BCUT2D eigenvalue weighted by molar-refractivity contribution is 5.96. The van der Waals surface area contributed by atoms with Gasteiger partial charge in [-0.1, -0.05) is 25.1 Å². The molecule has 0 aliphatic heterocycles. The quantitative estimate of drug-likeness (QED) is 0.392. The van der Waals surface area contributed by atoms with Crippen molar-refractivity contribution < 1.29 is 33.3 Å². The Bertz CT molecular complexity index is 843. The van der Waals surface area contributed by atoms with Crippen LogP contribution in [0.25, 0.3) is 0 Å². The fraction of sp³-hybridized carbons (Fsp3) is 0.417. The molecule has 7 heteroatoms. The van der Waals surface area contributed by atoms with Crippen molar-refractivity contribution in [2.24, 2.45) is 5.92 Å². The number of carbonyl (C=O) groups excluding carboxylic acids is 2. The van der Waals surface area contributed by atoms with Gasteiger partial charge in [0.1, 0.15) is 12.4 Å². The Balaban J connectivity index is 2.20. The van der Waals surface area contributed by atoms with Crippen LogP contribution in [0.1, 0.15) is 37.8 Å². The number of hydrogen-bond donors (Lipinski definition) is 0. The van der Waals surface area contributed by atoms with E-state index in [-0.39, 0.29) is 13.2 Å². The van der Waals surface area contributed by atoms with Crippen molar-refractivity contribution in [3.05, 3.63) is 53.6 Å². The number of esters is 2. The molecule has 0 spiro atoms. The van der Waals surface area contributed by atoms with Crippen LogP contribution in [0.5, 0.6) is 17.2 Å². The molecular formula is C24H30O7. The van der Waals surface area contributed by atoms with E-state index in [1.54, 1.807) is 40.0 Å². The van der Waals surface area contributed by atoms with Crippen LogP contribution in [-0.2, 0) is 25.7 Å². The second-order valence-corrected chi connectivity index (χ2v) is 6.82. The van der Waals surface area contributed by atoms with E-state index in [1.807, 2.05) is 30.3 Å². The van der Waals surface area contributed by atoms with Gasteiger partial charge in [0, 0.05) is 5.92 Å². The summed E-state index contributed by atoms with van der Waals surface area (Å²) in [6.45, 7) is 5.89. The Hall–Kier alpha value is -3.22. The lowest BCUT2D eigenvalue weighted by Gasteiger charge is -2.22. The summed E-state index contributed by atoms with van der Waals surface area (Å²) in [6.07, 6.45) is 0. The summed E-state index contributed by atoms with van der Waals surface area (Å²) >= 11 is 0. The Morgan fingerprint density at radius 2 is 1.45 bits per heavy atom. The molecule has 0 aliphatic rings. The second-order valence-electron chi connectivity index (χ2n) is 6.82. The molecule has 0 aliphatic carbocycles. The van der Waals surface area contributed by atoms with E-state index in [0.29, 0.717) is 18.1 Å². The smallest absolute Gasteiger partial charge is 0.320 e. The van der Waals surface area contributed by atoms with E-state index in [0.717, 1.165) is 16.9 Å². The summed E-state index contributed by atoms with van der Waals surface area (Å²) in [6, 6.07) is 12.9. The maximum absolute atomic E-state index is 12.4. The number of carbonyl (C=O) groups is 2. The van der Waals surface area contributed by atoms with E-state index in [4.69, 9.17) is 23.7 Å². The molecule has 2 aromatic carbocycles. The van der Waals surface area contributed by atoms with Crippen molar-refractivity contribution in [3.63, 3.8) is 0 Å². The Morgan fingerprint density at radius 1 is 0.839 bits per heavy atom. The molecule has 0 bridgehead atoms. The van der Waals surface area contributed by atoms with E-state index in [2.05, 4.69) is 0 Å². The average molecular weight is 430 g/mol. The van der Waals surface area contributed by atoms with Gasteiger partial charge in [0.25, 0.3) is 0 Å². The third-order valence-corrected chi connectivity index (χ3v) is 4.85. The summed E-state index contributed by atoms with van der Waals surface area (Å²) < 4.78 is 26.7. The lowest BCUT2D eigenvalue weighted by atomic mass is 9.87. The van der Waals surface area contributed by atoms with Crippen molar-refractivity contribution in [3.8, 4) is 17.2 Å². The van der Waals surface area contributed by atoms with Crippen LogP contribution in [0.2, 0.25) is 0 Å². The molecule has 1 unspecified atom stereocenters. The molecule has 0 radical (unpaired) electrons. The maximum Gasteiger partial charge on any atom is 0.320 e. The van der Waals surface area contributed by atoms with Crippen molar-refractivity contribution in [2.45, 2.75) is 33.3 Å². The van der Waals surface area contributed by atoms with E-state index in [9.17, 15) is 9.59 Å². The Kier molecular flexibility index (Phi) is 9.18. The van der Waals surface area contributed by atoms with Gasteiger partial charge < -0.3 is 23.7 Å². The minimum absolute atomic E-state index is 0.183. The molecular weight excluding hydrogens is 400 g/mol. The summed E-state index contributed by atoms with van der Waals surface area (Å²) in [4.78, 5) is 24.8. The molecule has 0 amide bonds. The molecule has 7 nitrogen and oxygen atoms in total. The van der Waals surface area contributed by atoms with Crippen molar-refractivity contribution >= 4 is 11.9 Å². The zero-order valence-corrected chi connectivity index (χ0v) is 18.7. The topological polar surface area (TPSA) is 80.3 Å². The van der Waals surface area contributed by atoms with Gasteiger partial charge in [-0.2, -0.15) is 0 Å². The SMILES string of the molecule is CCOC(=O)C(C(=O)OCC)C(C)c1ccc(OCc2ccc(OC)cc2)c(OC)c1. The molecule has 2 rings (SSSR count). The predicted molar refractivity (Wildman–Crippen MR) is 115 cm³/mol. The van der Waals surface area contributed by atoms with Gasteiger partial charge in [0.15, 0.2) is 17.4 Å². The molecule has 0 aromatic heterocycles. The zero-order chi connectivity index (χ0) is 22.8. The molecule has 0 N–H and O–H groups in total. The highest BCUT2D eigenvalue weighted by atomic mass is 16.6. The monoisotopic (exact) mass is 430 g/mol. The van der Waals surface area contributed by atoms with Gasteiger partial charge in [-0.25, -0.2) is 0 Å². The van der Waals surface area contributed by atoms with Crippen molar-refractivity contribution in [1.29, 1.82) is 0 Å². The van der Waals surface area contributed by atoms with Gasteiger partial charge in [-0.05, 0) is 49.2 Å². The van der Waals surface area contributed by atoms with Crippen LogP contribution in [-0.4, -0.2) is 39.4 Å². The molecule has 0 saturated heterocycles. The predicted octanol–water partition coefficient (Wildman–Crippen LogP) is 4.13. The number of rotatable bonds is 11. The van der Waals surface area contributed by atoms with Gasteiger partial charge in [-0.15, -0.1) is 0 Å². The molecule has 0 heterocycles. The molecule has 0 saturated carbocycles. The fourth-order valence-electron chi connectivity index (χ4n) is 3.13. The van der Waals surface area contributed by atoms with Crippen LogP contribution in [0.4, 0.5) is 0 Å². The van der Waals surface area contributed by atoms with E-state index >= 15 is 0 Å². The third-order valence-electron chi connectivity index (χ3n) is 4.85. The summed E-state index contributed by atoms with van der Waals surface area (Å²) in [7, 11) is 3.16. The minimum Gasteiger partial charge on any atom is -0.497 e. The van der Waals surface area contributed by atoms with Gasteiger partial charge in [0.05, 0.1) is 27.4 Å². The maximum atomic E-state index is 12.4. The van der Waals surface area contributed by atoms with Gasteiger partial charge in [0.2, 0.25) is 0 Å².